The molecule has 0 spiro atoms. The highest BCUT2D eigenvalue weighted by molar-refractivity contribution is 7.99. The van der Waals surface area contributed by atoms with Crippen molar-refractivity contribution in [3.63, 3.8) is 0 Å². The summed E-state index contributed by atoms with van der Waals surface area (Å²) < 4.78 is 7.25. The summed E-state index contributed by atoms with van der Waals surface area (Å²) in [6, 6.07) is 13.7. The molecule has 3 heterocycles. The van der Waals surface area contributed by atoms with Crippen LogP contribution in [0.15, 0.2) is 58.3 Å². The molecule has 7 nitrogen and oxygen atoms in total. The number of aromatic nitrogens is 3. The van der Waals surface area contributed by atoms with E-state index in [1.165, 1.54) is 11.8 Å². The number of rotatable bonds is 6. The van der Waals surface area contributed by atoms with Gasteiger partial charge in [-0.05, 0) is 24.3 Å². The van der Waals surface area contributed by atoms with Gasteiger partial charge in [0, 0.05) is 18.8 Å². The first-order chi connectivity index (χ1) is 12.3. The Bertz CT molecular complexity index is 847. The second-order valence-corrected chi connectivity index (χ2v) is 6.51. The predicted molar refractivity (Wildman–Crippen MR) is 94.7 cm³/mol. The monoisotopic (exact) mass is 355 g/mol. The highest BCUT2D eigenvalue weighted by Gasteiger charge is 2.26. The molecule has 1 aliphatic heterocycles. The lowest BCUT2D eigenvalue weighted by Crippen LogP contribution is -2.24. The molecule has 0 atom stereocenters. The van der Waals surface area contributed by atoms with Gasteiger partial charge in [0.1, 0.15) is 5.76 Å². The van der Waals surface area contributed by atoms with Crippen molar-refractivity contribution in [3.05, 3.63) is 54.5 Å². The van der Waals surface area contributed by atoms with Crippen LogP contribution in [-0.4, -0.2) is 33.0 Å². The minimum atomic E-state index is -0.0586. The molecule has 0 bridgehead atoms. The van der Waals surface area contributed by atoms with Crippen molar-refractivity contribution in [1.82, 2.24) is 20.1 Å². The van der Waals surface area contributed by atoms with Crippen LogP contribution in [0, 0.1) is 0 Å². The third-order valence-corrected chi connectivity index (χ3v) is 4.89. The van der Waals surface area contributed by atoms with E-state index in [2.05, 4.69) is 37.1 Å². The lowest BCUT2D eigenvalue weighted by Gasteiger charge is -2.14. The molecule has 0 saturated heterocycles. The predicted octanol–water partition coefficient (Wildman–Crippen LogP) is 2.43. The van der Waals surface area contributed by atoms with E-state index in [-0.39, 0.29) is 5.91 Å². The van der Waals surface area contributed by atoms with E-state index in [0.717, 1.165) is 35.6 Å². The van der Waals surface area contributed by atoms with E-state index < -0.39 is 0 Å². The summed E-state index contributed by atoms with van der Waals surface area (Å²) in [4.78, 5) is 14.1. The number of benzene rings is 1. The van der Waals surface area contributed by atoms with E-state index in [9.17, 15) is 4.79 Å². The molecule has 0 radical (unpaired) electrons. The number of para-hydroxylation sites is 1. The van der Waals surface area contributed by atoms with E-state index in [1.807, 2.05) is 24.3 Å². The van der Waals surface area contributed by atoms with E-state index in [0.29, 0.717) is 12.3 Å². The number of furan rings is 1. The van der Waals surface area contributed by atoms with Crippen LogP contribution in [-0.2, 0) is 17.9 Å². The fourth-order valence-electron chi connectivity index (χ4n) is 2.72. The van der Waals surface area contributed by atoms with E-state index in [1.54, 1.807) is 12.3 Å². The second kappa shape index (κ2) is 7.02. The number of nitrogens with zero attached hydrogens (tertiary/aromatic N) is 4. The van der Waals surface area contributed by atoms with Crippen LogP contribution in [0.25, 0.3) is 0 Å². The molecule has 0 fully saturated rings. The molecule has 1 aromatic carbocycles. The number of amides is 1. The Morgan fingerprint density at radius 3 is 2.84 bits per heavy atom. The largest absolute Gasteiger partial charge is 0.467 e. The van der Waals surface area contributed by atoms with Crippen molar-refractivity contribution >= 4 is 29.3 Å². The van der Waals surface area contributed by atoms with Gasteiger partial charge >= 0.3 is 0 Å². The fourth-order valence-corrected chi connectivity index (χ4v) is 3.51. The molecule has 1 aliphatic rings. The molecule has 3 aromatic rings. The van der Waals surface area contributed by atoms with Gasteiger partial charge in [0.25, 0.3) is 0 Å². The lowest BCUT2D eigenvalue weighted by molar-refractivity contribution is -0.118. The number of anilines is 2. The van der Waals surface area contributed by atoms with Crippen LogP contribution >= 0.6 is 11.8 Å². The Morgan fingerprint density at radius 2 is 2.04 bits per heavy atom. The van der Waals surface area contributed by atoms with Crippen molar-refractivity contribution in [2.75, 3.05) is 17.2 Å². The number of fused-ring (bicyclic) bond motifs is 1. The van der Waals surface area contributed by atoms with Gasteiger partial charge in [-0.1, -0.05) is 30.0 Å². The van der Waals surface area contributed by atoms with Crippen LogP contribution in [0.1, 0.15) is 5.76 Å². The maximum atomic E-state index is 12.0. The molecule has 128 valence electrons. The molecule has 0 aliphatic carbocycles. The molecule has 1 amide bonds. The van der Waals surface area contributed by atoms with Crippen LogP contribution < -0.4 is 10.2 Å². The first-order valence-electron chi connectivity index (χ1n) is 7.99. The number of nitrogens with one attached hydrogen (secondary N) is 1. The van der Waals surface area contributed by atoms with Crippen molar-refractivity contribution in [2.45, 2.75) is 18.2 Å². The summed E-state index contributed by atoms with van der Waals surface area (Å²) in [5, 5.41) is 12.1. The highest BCUT2D eigenvalue weighted by Crippen LogP contribution is 2.31. The molecule has 25 heavy (non-hydrogen) atoms. The van der Waals surface area contributed by atoms with Crippen LogP contribution in [0.3, 0.4) is 0 Å². The second-order valence-electron chi connectivity index (χ2n) is 5.57. The van der Waals surface area contributed by atoms with Gasteiger partial charge in [0.15, 0.2) is 5.16 Å². The molecule has 1 N–H and O–H groups in total. The lowest BCUT2D eigenvalue weighted by atomic mass is 10.3. The average Bonchev–Trinajstić information content (AvgIpc) is 3.37. The fraction of sp³-hybridized carbons (Fsp3) is 0.235. The van der Waals surface area contributed by atoms with Crippen LogP contribution in [0.2, 0.25) is 0 Å². The van der Waals surface area contributed by atoms with Crippen molar-refractivity contribution in [3.8, 4) is 0 Å². The minimum Gasteiger partial charge on any atom is -0.467 e. The Balaban J connectivity index is 1.36. The zero-order chi connectivity index (χ0) is 17.1. The Morgan fingerprint density at radius 1 is 1.16 bits per heavy atom. The zero-order valence-electron chi connectivity index (χ0n) is 13.5. The molecular formula is C17H17N5O2S. The number of hydrogen-bond acceptors (Lipinski definition) is 6. The molecular weight excluding hydrogens is 338 g/mol. The quantitative estimate of drug-likeness (QED) is 0.685. The maximum absolute atomic E-state index is 12.0. The van der Waals surface area contributed by atoms with E-state index in [4.69, 9.17) is 4.42 Å². The van der Waals surface area contributed by atoms with Gasteiger partial charge in [-0.25, -0.2) is 0 Å². The summed E-state index contributed by atoms with van der Waals surface area (Å²) in [6.07, 6.45) is 1.59. The number of hydrogen-bond donors (Lipinski definition) is 1. The summed E-state index contributed by atoms with van der Waals surface area (Å²) in [5.74, 6) is 1.80. The molecule has 8 heteroatoms. The first-order valence-corrected chi connectivity index (χ1v) is 8.97. The van der Waals surface area contributed by atoms with Gasteiger partial charge in [-0.3, -0.25) is 9.36 Å². The average molecular weight is 355 g/mol. The summed E-state index contributed by atoms with van der Waals surface area (Å²) in [7, 11) is 0. The molecule has 4 rings (SSSR count). The van der Waals surface area contributed by atoms with Gasteiger partial charge in [0.05, 0.1) is 18.6 Å². The summed E-state index contributed by atoms with van der Waals surface area (Å²) in [5.41, 5.74) is 1.10. The number of carbonyl (C=O) groups excluding carboxylic acids is 1. The topological polar surface area (TPSA) is 76.2 Å². The normalized spacial score (nSPS) is 13.0. The standard InChI is InChI=1S/C17H17N5O2S/c23-15(18-11-14-7-4-10-24-14)12-25-17-20-19-16-21(8-9-22(16)17)13-5-2-1-3-6-13/h1-7,10H,8-9,11-12H2,(H,18,23). The number of thioether (sulfide) groups is 1. The smallest absolute Gasteiger partial charge is 0.232 e. The minimum absolute atomic E-state index is 0.0586. The van der Waals surface area contributed by atoms with Gasteiger partial charge in [-0.15, -0.1) is 10.2 Å². The van der Waals surface area contributed by atoms with E-state index >= 15 is 0 Å². The van der Waals surface area contributed by atoms with Crippen molar-refractivity contribution < 1.29 is 9.21 Å². The van der Waals surface area contributed by atoms with Crippen LogP contribution in [0.4, 0.5) is 11.6 Å². The first kappa shape index (κ1) is 15.8. The Labute approximate surface area is 149 Å². The Kier molecular flexibility index (Phi) is 4.43. The third kappa shape index (κ3) is 3.39. The van der Waals surface area contributed by atoms with Gasteiger partial charge in [0.2, 0.25) is 11.9 Å². The Hall–Kier alpha value is -2.74. The van der Waals surface area contributed by atoms with Crippen molar-refractivity contribution in [2.24, 2.45) is 0 Å². The van der Waals surface area contributed by atoms with Crippen molar-refractivity contribution in [1.29, 1.82) is 0 Å². The maximum Gasteiger partial charge on any atom is 0.232 e. The third-order valence-electron chi connectivity index (χ3n) is 3.93. The van der Waals surface area contributed by atoms with Crippen LogP contribution in [0.5, 0.6) is 0 Å². The molecule has 0 unspecified atom stereocenters. The zero-order valence-corrected chi connectivity index (χ0v) is 14.3. The molecule has 2 aromatic heterocycles. The highest BCUT2D eigenvalue weighted by atomic mass is 32.2. The van der Waals surface area contributed by atoms with Gasteiger partial charge < -0.3 is 14.6 Å². The summed E-state index contributed by atoms with van der Waals surface area (Å²) >= 11 is 1.40. The number of carbonyl (C=O) groups is 1. The molecule has 0 saturated carbocycles. The SMILES string of the molecule is O=C(CSc1nnc2n1CCN2c1ccccc1)NCc1ccco1. The van der Waals surface area contributed by atoms with Gasteiger partial charge in [-0.2, -0.15) is 0 Å². The summed E-state index contributed by atoms with van der Waals surface area (Å²) in [6.45, 7) is 2.06.